The molecular weight excluding hydrogens is 250 g/mol. The van der Waals surface area contributed by atoms with Gasteiger partial charge in [-0.1, -0.05) is 26.0 Å². The van der Waals surface area contributed by atoms with Crippen molar-refractivity contribution in [1.82, 2.24) is 4.98 Å². The normalized spacial score (nSPS) is 10.6. The molecule has 0 saturated carbocycles. The molecule has 3 N–H and O–H groups in total. The van der Waals surface area contributed by atoms with Crippen LogP contribution in [-0.4, -0.2) is 10.8 Å². The average Bonchev–Trinajstić information content (AvgIpc) is 2.39. The Morgan fingerprint density at radius 3 is 2.40 bits per heavy atom. The summed E-state index contributed by atoms with van der Waals surface area (Å²) in [5, 5.41) is 7.63. The number of nitrogens with two attached hydrogens (primary N) is 1. The van der Waals surface area contributed by atoms with Crippen LogP contribution in [0.4, 0.5) is 0 Å². The van der Waals surface area contributed by atoms with E-state index in [0.717, 1.165) is 5.56 Å². The van der Waals surface area contributed by atoms with E-state index >= 15 is 0 Å². The number of pyridine rings is 1. The summed E-state index contributed by atoms with van der Waals surface area (Å²) in [5.41, 5.74) is 8.27. The maximum atomic E-state index is 7.63. The van der Waals surface area contributed by atoms with Gasteiger partial charge < -0.3 is 10.5 Å². The largest absolute Gasteiger partial charge is 0.438 e. The fourth-order valence-electron chi connectivity index (χ4n) is 1.97. The standard InChI is InChI=1S/C16H19N3O/c1-10(2)12-4-6-13(7-5-12)20-16-14(15(17)18)11(3)8-9-19-16/h4-10H,1-3H3,(H3,17,18). The number of aryl methyl sites for hydroxylation is 1. The summed E-state index contributed by atoms with van der Waals surface area (Å²) in [4.78, 5) is 4.17. The van der Waals surface area contributed by atoms with Gasteiger partial charge >= 0.3 is 0 Å². The van der Waals surface area contributed by atoms with Crippen LogP contribution >= 0.6 is 0 Å². The van der Waals surface area contributed by atoms with Crippen LogP contribution < -0.4 is 10.5 Å². The summed E-state index contributed by atoms with van der Waals surface area (Å²) in [6.45, 7) is 6.17. The highest BCUT2D eigenvalue weighted by molar-refractivity contribution is 5.98. The molecule has 1 heterocycles. The first-order valence-electron chi connectivity index (χ1n) is 6.57. The Morgan fingerprint density at radius 2 is 1.85 bits per heavy atom. The van der Waals surface area contributed by atoms with Gasteiger partial charge in [0.1, 0.15) is 11.6 Å². The quantitative estimate of drug-likeness (QED) is 0.658. The Hall–Kier alpha value is -2.36. The highest BCUT2D eigenvalue weighted by Crippen LogP contribution is 2.26. The van der Waals surface area contributed by atoms with Gasteiger partial charge in [0.2, 0.25) is 5.88 Å². The fraction of sp³-hybridized carbons (Fsp3) is 0.250. The van der Waals surface area contributed by atoms with Gasteiger partial charge in [-0.15, -0.1) is 0 Å². The number of hydrogen-bond donors (Lipinski definition) is 2. The lowest BCUT2D eigenvalue weighted by molar-refractivity contribution is 0.461. The Kier molecular flexibility index (Phi) is 4.03. The fourth-order valence-corrected chi connectivity index (χ4v) is 1.97. The molecule has 104 valence electrons. The van der Waals surface area contributed by atoms with Gasteiger partial charge in [-0.05, 0) is 42.2 Å². The number of hydrogen-bond acceptors (Lipinski definition) is 3. The summed E-state index contributed by atoms with van der Waals surface area (Å²) >= 11 is 0. The third kappa shape index (κ3) is 2.96. The Bertz CT molecular complexity index is 618. The van der Waals surface area contributed by atoms with Gasteiger partial charge in [0.15, 0.2) is 0 Å². The predicted molar refractivity (Wildman–Crippen MR) is 80.6 cm³/mol. The van der Waals surface area contributed by atoms with Crippen LogP contribution in [-0.2, 0) is 0 Å². The molecule has 1 aromatic carbocycles. The number of aromatic nitrogens is 1. The first-order valence-corrected chi connectivity index (χ1v) is 6.57. The van der Waals surface area contributed by atoms with Gasteiger partial charge in [0.05, 0.1) is 5.56 Å². The minimum atomic E-state index is -0.0376. The molecule has 0 atom stereocenters. The van der Waals surface area contributed by atoms with E-state index in [2.05, 4.69) is 18.8 Å². The summed E-state index contributed by atoms with van der Waals surface area (Å²) in [6, 6.07) is 9.68. The van der Waals surface area contributed by atoms with E-state index in [9.17, 15) is 0 Å². The Balaban J connectivity index is 2.30. The zero-order chi connectivity index (χ0) is 14.7. The molecule has 0 fully saturated rings. The lowest BCUT2D eigenvalue weighted by Gasteiger charge is -2.12. The number of nitrogen functional groups attached to an aromatic ring is 1. The van der Waals surface area contributed by atoms with Crippen LogP contribution in [0.5, 0.6) is 11.6 Å². The van der Waals surface area contributed by atoms with Gasteiger partial charge in [-0.25, -0.2) is 4.98 Å². The van der Waals surface area contributed by atoms with Crippen molar-refractivity contribution in [3.8, 4) is 11.6 Å². The van der Waals surface area contributed by atoms with Crippen molar-refractivity contribution in [2.45, 2.75) is 26.7 Å². The zero-order valence-electron chi connectivity index (χ0n) is 12.0. The number of benzene rings is 1. The SMILES string of the molecule is Cc1ccnc(Oc2ccc(C(C)C)cc2)c1C(=N)N. The van der Waals surface area contributed by atoms with Crippen molar-refractivity contribution in [3.05, 3.63) is 53.2 Å². The van der Waals surface area contributed by atoms with E-state index < -0.39 is 0 Å². The summed E-state index contributed by atoms with van der Waals surface area (Å²) < 4.78 is 5.75. The first-order chi connectivity index (χ1) is 9.49. The second-order valence-electron chi connectivity index (χ2n) is 5.05. The van der Waals surface area contributed by atoms with Crippen LogP contribution in [0.1, 0.15) is 36.5 Å². The van der Waals surface area contributed by atoms with Crippen LogP contribution in [0.3, 0.4) is 0 Å². The van der Waals surface area contributed by atoms with E-state index in [1.807, 2.05) is 37.3 Å². The van der Waals surface area contributed by atoms with Gasteiger partial charge in [0.25, 0.3) is 0 Å². The predicted octanol–water partition coefficient (Wildman–Crippen LogP) is 3.59. The van der Waals surface area contributed by atoms with Crippen molar-refractivity contribution in [3.63, 3.8) is 0 Å². The van der Waals surface area contributed by atoms with E-state index in [0.29, 0.717) is 23.1 Å². The molecule has 1 aromatic heterocycles. The van der Waals surface area contributed by atoms with Crippen LogP contribution in [0.2, 0.25) is 0 Å². The summed E-state index contributed by atoms with van der Waals surface area (Å²) in [6.07, 6.45) is 1.65. The minimum absolute atomic E-state index is 0.0376. The monoisotopic (exact) mass is 269 g/mol. The number of nitrogens with zero attached hydrogens (tertiary/aromatic N) is 1. The number of amidine groups is 1. The summed E-state index contributed by atoms with van der Waals surface area (Å²) in [7, 11) is 0. The Morgan fingerprint density at radius 1 is 1.20 bits per heavy atom. The van der Waals surface area contributed by atoms with Crippen molar-refractivity contribution in [1.29, 1.82) is 5.41 Å². The maximum absolute atomic E-state index is 7.63. The first kappa shape index (κ1) is 14.1. The van der Waals surface area contributed by atoms with Crippen LogP contribution in [0, 0.1) is 12.3 Å². The second-order valence-corrected chi connectivity index (χ2v) is 5.05. The number of nitrogens with one attached hydrogen (secondary N) is 1. The average molecular weight is 269 g/mol. The van der Waals surface area contributed by atoms with Gasteiger partial charge in [-0.3, -0.25) is 5.41 Å². The molecule has 0 spiro atoms. The minimum Gasteiger partial charge on any atom is -0.438 e. The van der Waals surface area contributed by atoms with E-state index in [-0.39, 0.29) is 5.84 Å². The van der Waals surface area contributed by atoms with Crippen molar-refractivity contribution < 1.29 is 4.74 Å². The smallest absolute Gasteiger partial charge is 0.230 e. The molecular formula is C16H19N3O. The third-order valence-corrected chi connectivity index (χ3v) is 3.16. The van der Waals surface area contributed by atoms with E-state index in [1.165, 1.54) is 5.56 Å². The molecule has 0 radical (unpaired) electrons. The van der Waals surface area contributed by atoms with E-state index in [1.54, 1.807) is 6.20 Å². The van der Waals surface area contributed by atoms with Crippen LogP contribution in [0.15, 0.2) is 36.5 Å². The topological polar surface area (TPSA) is 72.0 Å². The van der Waals surface area contributed by atoms with Crippen molar-refractivity contribution in [2.24, 2.45) is 5.73 Å². The molecule has 0 bridgehead atoms. The molecule has 4 nitrogen and oxygen atoms in total. The van der Waals surface area contributed by atoms with Crippen molar-refractivity contribution >= 4 is 5.84 Å². The molecule has 0 amide bonds. The number of ether oxygens (including phenoxy) is 1. The zero-order valence-corrected chi connectivity index (χ0v) is 12.0. The number of rotatable bonds is 4. The van der Waals surface area contributed by atoms with Gasteiger partial charge in [0, 0.05) is 6.20 Å². The molecule has 2 rings (SSSR count). The molecule has 4 heteroatoms. The molecule has 2 aromatic rings. The highest BCUT2D eigenvalue weighted by atomic mass is 16.5. The van der Waals surface area contributed by atoms with Gasteiger partial charge in [-0.2, -0.15) is 0 Å². The van der Waals surface area contributed by atoms with E-state index in [4.69, 9.17) is 15.9 Å². The molecule has 0 aliphatic heterocycles. The molecule has 0 aliphatic rings. The lowest BCUT2D eigenvalue weighted by Crippen LogP contribution is -2.14. The molecule has 0 saturated heterocycles. The molecule has 0 aliphatic carbocycles. The molecule has 20 heavy (non-hydrogen) atoms. The Labute approximate surface area is 119 Å². The lowest BCUT2D eigenvalue weighted by atomic mass is 10.0. The highest BCUT2D eigenvalue weighted by Gasteiger charge is 2.12. The third-order valence-electron chi connectivity index (χ3n) is 3.16. The molecule has 0 unspecified atom stereocenters. The maximum Gasteiger partial charge on any atom is 0.230 e. The summed E-state index contributed by atoms with van der Waals surface area (Å²) in [5.74, 6) is 1.50. The van der Waals surface area contributed by atoms with Crippen LogP contribution in [0.25, 0.3) is 0 Å². The van der Waals surface area contributed by atoms with Crippen molar-refractivity contribution in [2.75, 3.05) is 0 Å². The second kappa shape index (κ2) is 5.74.